The van der Waals surface area contributed by atoms with Crippen molar-refractivity contribution in [2.75, 3.05) is 26.3 Å². The average Bonchev–Trinajstić information content (AvgIpc) is 2.70. The molecule has 1 unspecified atom stereocenters. The summed E-state index contributed by atoms with van der Waals surface area (Å²) in [6.07, 6.45) is -4.14. The van der Waals surface area contributed by atoms with Gasteiger partial charge in [0.25, 0.3) is 0 Å². The standard InChI is InChI=1S/C22H24F4N2O3S/c1-2-28(21(22(24,25)26)16-3-6-18(23)7-4-16)32(29,30)20-8-5-15-9-10-27(12-17(15)11-20)19-13-31-14-19/h3-8,11,19,21H,2,9-10,12-14H2,1H3. The zero-order valence-corrected chi connectivity index (χ0v) is 18.3. The first-order valence-corrected chi connectivity index (χ1v) is 11.8. The third-order valence-electron chi connectivity index (χ3n) is 6.06. The molecule has 32 heavy (non-hydrogen) atoms. The Morgan fingerprint density at radius 2 is 1.81 bits per heavy atom. The van der Waals surface area contributed by atoms with E-state index in [0.29, 0.717) is 24.1 Å². The molecule has 1 atom stereocenters. The molecule has 2 aliphatic rings. The highest BCUT2D eigenvalue weighted by atomic mass is 32.2. The Hall–Kier alpha value is -2.01. The summed E-state index contributed by atoms with van der Waals surface area (Å²) in [4.78, 5) is 2.03. The van der Waals surface area contributed by atoms with E-state index >= 15 is 0 Å². The maximum atomic E-state index is 14.0. The summed E-state index contributed by atoms with van der Waals surface area (Å²) in [5, 5.41) is 0. The predicted molar refractivity (Wildman–Crippen MR) is 110 cm³/mol. The summed E-state index contributed by atoms with van der Waals surface area (Å²) in [5.41, 5.74) is 1.46. The van der Waals surface area contributed by atoms with Crippen molar-refractivity contribution < 1.29 is 30.7 Å². The van der Waals surface area contributed by atoms with Crippen molar-refractivity contribution >= 4 is 10.0 Å². The Bertz CT molecular complexity index is 1070. The first-order valence-electron chi connectivity index (χ1n) is 10.4. The minimum absolute atomic E-state index is 0.179. The van der Waals surface area contributed by atoms with Crippen molar-refractivity contribution in [1.29, 1.82) is 0 Å². The molecule has 174 valence electrons. The van der Waals surface area contributed by atoms with Crippen LogP contribution >= 0.6 is 0 Å². The van der Waals surface area contributed by atoms with Crippen molar-refractivity contribution in [2.24, 2.45) is 0 Å². The van der Waals surface area contributed by atoms with E-state index in [2.05, 4.69) is 4.90 Å². The molecular formula is C22H24F4N2O3S. The summed E-state index contributed by atoms with van der Waals surface area (Å²) in [7, 11) is -4.48. The zero-order chi connectivity index (χ0) is 23.1. The SMILES string of the molecule is CCN(C(c1ccc(F)cc1)C(F)(F)F)S(=O)(=O)c1ccc2c(c1)CN(C1COC1)CC2. The van der Waals surface area contributed by atoms with Crippen LogP contribution in [0.4, 0.5) is 17.6 Å². The highest BCUT2D eigenvalue weighted by molar-refractivity contribution is 7.89. The fraction of sp³-hybridized carbons (Fsp3) is 0.455. The van der Waals surface area contributed by atoms with E-state index in [9.17, 15) is 26.0 Å². The average molecular weight is 473 g/mol. The third kappa shape index (κ3) is 4.41. The van der Waals surface area contributed by atoms with E-state index in [-0.39, 0.29) is 16.5 Å². The molecule has 1 fully saturated rings. The van der Waals surface area contributed by atoms with Crippen molar-refractivity contribution in [3.05, 3.63) is 65.0 Å². The van der Waals surface area contributed by atoms with Crippen LogP contribution in [0.15, 0.2) is 47.4 Å². The van der Waals surface area contributed by atoms with Gasteiger partial charge in [0.1, 0.15) is 11.9 Å². The summed E-state index contributed by atoms with van der Waals surface area (Å²) < 4.78 is 87.8. The molecule has 0 radical (unpaired) electrons. The van der Waals surface area contributed by atoms with Crippen molar-refractivity contribution in [3.8, 4) is 0 Å². The molecular weight excluding hydrogens is 448 g/mol. The first kappa shape index (κ1) is 23.2. The number of sulfonamides is 1. The van der Waals surface area contributed by atoms with Crippen LogP contribution < -0.4 is 0 Å². The monoisotopic (exact) mass is 472 g/mol. The van der Waals surface area contributed by atoms with Crippen LogP contribution in [0.2, 0.25) is 0 Å². The molecule has 0 amide bonds. The highest BCUT2D eigenvalue weighted by Crippen LogP contribution is 2.41. The Morgan fingerprint density at radius 1 is 1.12 bits per heavy atom. The topological polar surface area (TPSA) is 49.9 Å². The number of fused-ring (bicyclic) bond motifs is 1. The maximum Gasteiger partial charge on any atom is 0.409 e. The summed E-state index contributed by atoms with van der Waals surface area (Å²) in [6.45, 7) is 3.57. The molecule has 0 bridgehead atoms. The van der Waals surface area contributed by atoms with Gasteiger partial charge in [0.15, 0.2) is 0 Å². The second kappa shape index (κ2) is 8.74. The number of halogens is 4. The molecule has 0 saturated carbocycles. The van der Waals surface area contributed by atoms with Gasteiger partial charge in [0.2, 0.25) is 10.0 Å². The fourth-order valence-corrected chi connectivity index (χ4v) is 5.91. The van der Waals surface area contributed by atoms with Crippen molar-refractivity contribution in [3.63, 3.8) is 0 Å². The third-order valence-corrected chi connectivity index (χ3v) is 7.99. The van der Waals surface area contributed by atoms with Crippen LogP contribution in [0.25, 0.3) is 0 Å². The lowest BCUT2D eigenvalue weighted by Gasteiger charge is -2.40. The smallest absolute Gasteiger partial charge is 0.378 e. The van der Waals surface area contributed by atoms with Crippen LogP contribution in [0, 0.1) is 5.82 Å². The largest absolute Gasteiger partial charge is 0.409 e. The number of nitrogens with zero attached hydrogens (tertiary/aromatic N) is 2. The van der Waals surface area contributed by atoms with E-state index in [1.165, 1.54) is 19.1 Å². The van der Waals surface area contributed by atoms with Gasteiger partial charge in [0, 0.05) is 19.6 Å². The van der Waals surface area contributed by atoms with E-state index in [4.69, 9.17) is 4.74 Å². The molecule has 0 spiro atoms. The van der Waals surface area contributed by atoms with Crippen molar-refractivity contribution in [1.82, 2.24) is 9.21 Å². The minimum Gasteiger partial charge on any atom is -0.378 e. The quantitative estimate of drug-likeness (QED) is 0.599. The number of hydrogen-bond acceptors (Lipinski definition) is 4. The molecule has 0 N–H and O–H groups in total. The molecule has 2 aliphatic heterocycles. The van der Waals surface area contributed by atoms with Gasteiger partial charge in [-0.3, -0.25) is 4.90 Å². The van der Waals surface area contributed by atoms with Crippen LogP contribution in [-0.2, 0) is 27.7 Å². The van der Waals surface area contributed by atoms with Gasteiger partial charge < -0.3 is 4.74 Å². The van der Waals surface area contributed by atoms with Gasteiger partial charge in [-0.25, -0.2) is 12.8 Å². The minimum atomic E-state index is -4.88. The predicted octanol–water partition coefficient (Wildman–Crippen LogP) is 3.90. The number of hydrogen-bond donors (Lipinski definition) is 0. The van der Waals surface area contributed by atoms with Gasteiger partial charge in [-0.05, 0) is 47.4 Å². The van der Waals surface area contributed by atoms with Crippen LogP contribution in [0.1, 0.15) is 29.7 Å². The van der Waals surface area contributed by atoms with E-state index in [1.54, 1.807) is 6.07 Å². The zero-order valence-electron chi connectivity index (χ0n) is 17.5. The number of benzene rings is 2. The van der Waals surface area contributed by atoms with E-state index in [0.717, 1.165) is 48.4 Å². The van der Waals surface area contributed by atoms with Crippen LogP contribution in [0.5, 0.6) is 0 Å². The van der Waals surface area contributed by atoms with Gasteiger partial charge in [-0.1, -0.05) is 25.1 Å². The molecule has 0 aromatic heterocycles. The second-order valence-corrected chi connectivity index (χ2v) is 9.94. The lowest BCUT2D eigenvalue weighted by Crippen LogP contribution is -2.50. The summed E-state index contributed by atoms with van der Waals surface area (Å²) in [5.74, 6) is -0.698. The summed E-state index contributed by atoms with van der Waals surface area (Å²) in [6, 6.07) is 6.13. The van der Waals surface area contributed by atoms with Gasteiger partial charge in [-0.15, -0.1) is 0 Å². The lowest BCUT2D eigenvalue weighted by atomic mass is 9.98. The fourth-order valence-electron chi connectivity index (χ4n) is 4.25. The molecule has 4 rings (SSSR count). The first-order chi connectivity index (χ1) is 15.1. The number of ether oxygens (including phenoxy) is 1. The molecule has 2 aromatic rings. The Kier molecular flexibility index (Phi) is 6.32. The Balaban J connectivity index is 1.69. The Morgan fingerprint density at radius 3 is 2.38 bits per heavy atom. The van der Waals surface area contributed by atoms with Crippen LogP contribution in [-0.4, -0.2) is 56.1 Å². The van der Waals surface area contributed by atoms with Crippen molar-refractivity contribution in [2.45, 2.75) is 43.0 Å². The number of alkyl halides is 3. The van der Waals surface area contributed by atoms with Crippen LogP contribution in [0.3, 0.4) is 0 Å². The van der Waals surface area contributed by atoms with Gasteiger partial charge in [-0.2, -0.15) is 17.5 Å². The summed E-state index contributed by atoms with van der Waals surface area (Å²) >= 11 is 0. The second-order valence-electron chi connectivity index (χ2n) is 8.05. The normalized spacial score (nSPS) is 18.9. The van der Waals surface area contributed by atoms with E-state index in [1.807, 2.05) is 0 Å². The molecule has 5 nitrogen and oxygen atoms in total. The van der Waals surface area contributed by atoms with Gasteiger partial charge >= 0.3 is 6.18 Å². The Labute approximate surface area is 184 Å². The molecule has 2 aromatic carbocycles. The lowest BCUT2D eigenvalue weighted by molar-refractivity contribution is -0.173. The highest BCUT2D eigenvalue weighted by Gasteiger charge is 2.48. The molecule has 1 saturated heterocycles. The molecule has 2 heterocycles. The molecule has 10 heteroatoms. The van der Waals surface area contributed by atoms with Gasteiger partial charge in [0.05, 0.1) is 24.2 Å². The number of rotatable bonds is 6. The van der Waals surface area contributed by atoms with E-state index < -0.39 is 34.6 Å². The maximum absolute atomic E-state index is 14.0. The molecule has 0 aliphatic carbocycles.